The van der Waals surface area contributed by atoms with Gasteiger partial charge in [-0.3, -0.25) is 4.79 Å². The van der Waals surface area contributed by atoms with Crippen LogP contribution >= 0.6 is 23.2 Å². The van der Waals surface area contributed by atoms with Crippen molar-refractivity contribution in [1.82, 2.24) is 0 Å². The van der Waals surface area contributed by atoms with Crippen LogP contribution < -0.4 is 14.8 Å². The summed E-state index contributed by atoms with van der Waals surface area (Å²) in [6.07, 6.45) is 0.217. The van der Waals surface area contributed by atoms with Crippen molar-refractivity contribution in [3.05, 3.63) is 82.3 Å². The molecule has 0 aromatic heterocycles. The number of halogens is 2. The van der Waals surface area contributed by atoms with Crippen LogP contribution in [0.3, 0.4) is 0 Å². The number of ether oxygens (including phenoxy) is 2. The molecule has 0 heterocycles. The average molecular weight is 474 g/mol. The van der Waals surface area contributed by atoms with E-state index in [1.54, 1.807) is 54.6 Å². The first-order valence-corrected chi connectivity index (χ1v) is 10.7. The molecule has 1 unspecified atom stereocenters. The van der Waals surface area contributed by atoms with Crippen molar-refractivity contribution in [1.29, 1.82) is 0 Å². The van der Waals surface area contributed by atoms with E-state index in [1.807, 2.05) is 6.92 Å². The topological polar surface area (TPSA) is 84.9 Å². The highest BCUT2D eigenvalue weighted by atomic mass is 35.5. The third kappa shape index (κ3) is 5.93. The fraction of sp³-hybridized carbons (Fsp3) is 0.167. The fourth-order valence-corrected chi connectivity index (χ4v) is 3.41. The van der Waals surface area contributed by atoms with E-state index < -0.39 is 18.0 Å². The summed E-state index contributed by atoms with van der Waals surface area (Å²) in [5, 5.41) is 12.8. The number of carbonyl (C=O) groups is 2. The van der Waals surface area contributed by atoms with Gasteiger partial charge in [-0.05, 0) is 48.9 Å². The lowest BCUT2D eigenvalue weighted by molar-refractivity contribution is -0.123. The molecule has 32 heavy (non-hydrogen) atoms. The number of carboxylic acid groups (broad SMARTS) is 1. The summed E-state index contributed by atoms with van der Waals surface area (Å²) in [7, 11) is 0. The van der Waals surface area contributed by atoms with E-state index >= 15 is 0 Å². The molecule has 166 valence electrons. The maximum atomic E-state index is 12.9. The summed E-state index contributed by atoms with van der Waals surface area (Å²) in [6.45, 7) is 1.92. The molecule has 8 heteroatoms. The van der Waals surface area contributed by atoms with Crippen LogP contribution in [0.1, 0.15) is 30.1 Å². The standard InChI is InChI=1S/C24H21Cl2NO5/c1-2-7-22(23(28)27-18-9-4-3-8-16(18)24(29)30)32-21-11-6-5-10-20(21)31-19-13-12-15(25)14-17(19)26/h3-6,8-14,22H,2,7H2,1H3,(H,27,28)(H,29,30). The largest absolute Gasteiger partial charge is 0.478 e. The van der Waals surface area contributed by atoms with Gasteiger partial charge >= 0.3 is 5.97 Å². The molecule has 3 aromatic carbocycles. The van der Waals surface area contributed by atoms with Crippen LogP contribution in [0.15, 0.2) is 66.7 Å². The average Bonchev–Trinajstić information content (AvgIpc) is 2.76. The van der Waals surface area contributed by atoms with Gasteiger partial charge in [0, 0.05) is 5.02 Å². The molecule has 0 radical (unpaired) electrons. The Morgan fingerprint density at radius 1 is 0.969 bits per heavy atom. The Labute approximate surface area is 195 Å². The van der Waals surface area contributed by atoms with E-state index in [-0.39, 0.29) is 11.3 Å². The molecule has 1 amide bonds. The molecule has 0 bridgehead atoms. The van der Waals surface area contributed by atoms with Crippen LogP contribution in [0, 0.1) is 0 Å². The summed E-state index contributed by atoms with van der Waals surface area (Å²) in [4.78, 5) is 24.4. The Kier molecular flexibility index (Phi) is 7.98. The zero-order chi connectivity index (χ0) is 23.1. The highest BCUT2D eigenvalue weighted by molar-refractivity contribution is 6.35. The number of amides is 1. The van der Waals surface area contributed by atoms with Gasteiger partial charge in [0.05, 0.1) is 16.3 Å². The maximum absolute atomic E-state index is 12.9. The molecule has 0 aliphatic rings. The number of aromatic carboxylic acids is 1. The molecular formula is C24H21Cl2NO5. The van der Waals surface area contributed by atoms with Crippen LogP contribution in [0.2, 0.25) is 10.0 Å². The second-order valence-electron chi connectivity index (χ2n) is 6.86. The van der Waals surface area contributed by atoms with Crippen molar-refractivity contribution < 1.29 is 24.2 Å². The van der Waals surface area contributed by atoms with E-state index in [4.69, 9.17) is 32.7 Å². The molecule has 6 nitrogen and oxygen atoms in total. The second-order valence-corrected chi connectivity index (χ2v) is 7.70. The van der Waals surface area contributed by atoms with Gasteiger partial charge in [-0.2, -0.15) is 0 Å². The molecule has 0 aliphatic carbocycles. The first-order chi connectivity index (χ1) is 15.4. The summed E-state index contributed by atoms with van der Waals surface area (Å²) >= 11 is 12.1. The molecule has 3 rings (SSSR count). The molecule has 1 atom stereocenters. The van der Waals surface area contributed by atoms with E-state index in [1.165, 1.54) is 12.1 Å². The number of benzene rings is 3. The Balaban J connectivity index is 1.82. The molecule has 0 saturated heterocycles. The smallest absolute Gasteiger partial charge is 0.337 e. The number of nitrogens with one attached hydrogen (secondary N) is 1. The van der Waals surface area contributed by atoms with Gasteiger partial charge in [-0.25, -0.2) is 4.79 Å². The second kappa shape index (κ2) is 10.9. The van der Waals surface area contributed by atoms with Gasteiger partial charge < -0.3 is 19.9 Å². The lowest BCUT2D eigenvalue weighted by atomic mass is 10.1. The number of hydrogen-bond donors (Lipinski definition) is 2. The van der Waals surface area contributed by atoms with E-state index in [9.17, 15) is 14.7 Å². The minimum absolute atomic E-state index is 0.00258. The zero-order valence-electron chi connectivity index (χ0n) is 17.2. The molecule has 0 aliphatic heterocycles. The number of rotatable bonds is 9. The number of para-hydroxylation sites is 3. The highest BCUT2D eigenvalue weighted by Gasteiger charge is 2.23. The van der Waals surface area contributed by atoms with E-state index in [2.05, 4.69) is 5.32 Å². The Morgan fingerprint density at radius 3 is 2.34 bits per heavy atom. The first-order valence-electron chi connectivity index (χ1n) is 9.90. The minimum Gasteiger partial charge on any atom is -0.478 e. The van der Waals surface area contributed by atoms with Gasteiger partial charge in [0.25, 0.3) is 5.91 Å². The number of hydrogen-bond acceptors (Lipinski definition) is 4. The predicted molar refractivity (Wildman–Crippen MR) is 124 cm³/mol. The van der Waals surface area contributed by atoms with Gasteiger partial charge in [-0.15, -0.1) is 0 Å². The maximum Gasteiger partial charge on any atom is 0.337 e. The van der Waals surface area contributed by atoms with Gasteiger partial charge in [0.15, 0.2) is 17.6 Å². The quantitative estimate of drug-likeness (QED) is 0.362. The Bertz CT molecular complexity index is 1120. The summed E-state index contributed by atoms with van der Waals surface area (Å²) < 4.78 is 11.9. The SMILES string of the molecule is CCCC(Oc1ccccc1Oc1ccc(Cl)cc1Cl)C(=O)Nc1ccccc1C(=O)O. The van der Waals surface area contributed by atoms with Crippen molar-refractivity contribution >= 4 is 40.8 Å². The minimum atomic E-state index is -1.13. The van der Waals surface area contributed by atoms with Crippen molar-refractivity contribution in [2.75, 3.05) is 5.32 Å². The number of carboxylic acids is 1. The molecule has 3 aromatic rings. The third-order valence-electron chi connectivity index (χ3n) is 4.49. The molecule has 0 saturated carbocycles. The van der Waals surface area contributed by atoms with Crippen LogP contribution in [-0.4, -0.2) is 23.1 Å². The molecule has 0 fully saturated rings. The van der Waals surface area contributed by atoms with Crippen LogP contribution in [0.5, 0.6) is 17.2 Å². The first kappa shape index (κ1) is 23.4. The Morgan fingerprint density at radius 2 is 1.66 bits per heavy atom. The van der Waals surface area contributed by atoms with E-state index in [0.29, 0.717) is 40.1 Å². The summed E-state index contributed by atoms with van der Waals surface area (Å²) in [5.74, 6) is -0.485. The lowest BCUT2D eigenvalue weighted by Crippen LogP contribution is -2.33. The highest BCUT2D eigenvalue weighted by Crippen LogP contribution is 2.36. The number of carbonyl (C=O) groups excluding carboxylic acids is 1. The normalized spacial score (nSPS) is 11.5. The van der Waals surface area contributed by atoms with Gasteiger partial charge in [-0.1, -0.05) is 60.8 Å². The molecule has 2 N–H and O–H groups in total. The lowest BCUT2D eigenvalue weighted by Gasteiger charge is -2.21. The zero-order valence-corrected chi connectivity index (χ0v) is 18.7. The summed E-state index contributed by atoms with van der Waals surface area (Å²) in [6, 6.07) is 18.0. The third-order valence-corrected chi connectivity index (χ3v) is 5.02. The number of anilines is 1. The van der Waals surface area contributed by atoms with Crippen LogP contribution in [0.25, 0.3) is 0 Å². The van der Waals surface area contributed by atoms with Crippen LogP contribution in [0.4, 0.5) is 5.69 Å². The van der Waals surface area contributed by atoms with Crippen molar-refractivity contribution in [2.24, 2.45) is 0 Å². The van der Waals surface area contributed by atoms with E-state index in [0.717, 1.165) is 0 Å². The molecule has 0 spiro atoms. The van der Waals surface area contributed by atoms with Crippen molar-refractivity contribution in [3.63, 3.8) is 0 Å². The van der Waals surface area contributed by atoms with Gasteiger partial charge in [0.2, 0.25) is 0 Å². The molecular weight excluding hydrogens is 453 g/mol. The Hall–Kier alpha value is -3.22. The van der Waals surface area contributed by atoms with Crippen LogP contribution in [-0.2, 0) is 4.79 Å². The van der Waals surface area contributed by atoms with Gasteiger partial charge in [0.1, 0.15) is 5.75 Å². The van der Waals surface area contributed by atoms with Crippen molar-refractivity contribution in [3.8, 4) is 17.2 Å². The predicted octanol–water partition coefficient (Wildman–Crippen LogP) is 6.67. The summed E-state index contributed by atoms with van der Waals surface area (Å²) in [5.41, 5.74) is 0.199. The monoisotopic (exact) mass is 473 g/mol. The fourth-order valence-electron chi connectivity index (χ4n) is 2.96. The van der Waals surface area contributed by atoms with Crippen molar-refractivity contribution in [2.45, 2.75) is 25.9 Å².